The maximum absolute atomic E-state index is 11.0. The van der Waals surface area contributed by atoms with Gasteiger partial charge in [-0.25, -0.2) is 10.6 Å². The van der Waals surface area contributed by atoms with E-state index in [0.717, 1.165) is 31.4 Å². The Morgan fingerprint density at radius 3 is 2.79 bits per heavy atom. The summed E-state index contributed by atoms with van der Waals surface area (Å²) in [5.74, 6) is 4.98. The molecule has 1 aliphatic rings. The lowest BCUT2D eigenvalue weighted by Crippen LogP contribution is -2.34. The van der Waals surface area contributed by atoms with Crippen LogP contribution in [0.2, 0.25) is 0 Å². The largest absolute Gasteiger partial charge is 0.353 e. The second kappa shape index (κ2) is 7.08. The van der Waals surface area contributed by atoms with E-state index < -0.39 is 6.03 Å². The molecule has 0 unspecified atom stereocenters. The molecule has 0 spiro atoms. The summed E-state index contributed by atoms with van der Waals surface area (Å²) in [6.07, 6.45) is 3.14. The van der Waals surface area contributed by atoms with Crippen molar-refractivity contribution in [3.05, 3.63) is 29.8 Å². The van der Waals surface area contributed by atoms with Crippen LogP contribution in [0.4, 0.5) is 10.5 Å². The number of carbonyl (C=O) groups excluding carboxylic acids is 1. The minimum Gasteiger partial charge on any atom is -0.353 e. The zero-order valence-electron chi connectivity index (χ0n) is 10.7. The molecule has 1 atom stereocenters. The number of nitrogens with two attached hydrogens (primary N) is 1. The van der Waals surface area contributed by atoms with Crippen molar-refractivity contribution < 1.29 is 14.3 Å². The minimum absolute atomic E-state index is 0.0884. The molecule has 1 heterocycles. The molecule has 0 saturated carbocycles. The number of nitrogens with one attached hydrogen (secondary N) is 2. The number of hydrogen-bond donors (Lipinski definition) is 3. The SMILES string of the molecule is NNC(=O)Nc1ccc(CO[C@@H]2CCCCO2)cc1. The van der Waals surface area contributed by atoms with Gasteiger partial charge >= 0.3 is 6.03 Å². The molecule has 104 valence electrons. The topological polar surface area (TPSA) is 85.6 Å². The average Bonchev–Trinajstić information content (AvgIpc) is 2.47. The summed E-state index contributed by atoms with van der Waals surface area (Å²) in [6, 6.07) is 6.95. The predicted molar refractivity (Wildman–Crippen MR) is 71.2 cm³/mol. The van der Waals surface area contributed by atoms with Crippen LogP contribution < -0.4 is 16.6 Å². The summed E-state index contributed by atoms with van der Waals surface area (Å²) in [5.41, 5.74) is 3.72. The van der Waals surface area contributed by atoms with Gasteiger partial charge in [-0.05, 0) is 37.0 Å². The summed E-state index contributed by atoms with van der Waals surface area (Å²) in [6.45, 7) is 1.29. The van der Waals surface area contributed by atoms with Crippen molar-refractivity contribution in [2.75, 3.05) is 11.9 Å². The highest BCUT2D eigenvalue weighted by Crippen LogP contribution is 2.16. The van der Waals surface area contributed by atoms with E-state index in [9.17, 15) is 4.79 Å². The quantitative estimate of drug-likeness (QED) is 0.439. The van der Waals surface area contributed by atoms with Crippen molar-refractivity contribution >= 4 is 11.7 Å². The second-order valence-corrected chi connectivity index (χ2v) is 4.40. The lowest BCUT2D eigenvalue weighted by atomic mass is 10.2. The molecule has 6 heteroatoms. The standard InChI is InChI=1S/C13H19N3O3/c14-16-13(17)15-11-6-4-10(5-7-11)9-19-12-3-1-2-8-18-12/h4-7,12H,1-3,8-9,14H2,(H2,15,16,17)/t12-/m1/s1. The molecule has 0 radical (unpaired) electrons. The monoisotopic (exact) mass is 265 g/mol. The Labute approximate surface area is 112 Å². The van der Waals surface area contributed by atoms with Gasteiger partial charge in [0.25, 0.3) is 0 Å². The first-order valence-electron chi connectivity index (χ1n) is 6.37. The van der Waals surface area contributed by atoms with Crippen LogP contribution in [0.5, 0.6) is 0 Å². The van der Waals surface area contributed by atoms with Gasteiger partial charge in [0.2, 0.25) is 0 Å². The van der Waals surface area contributed by atoms with Crippen LogP contribution in [0.15, 0.2) is 24.3 Å². The Hall–Kier alpha value is -1.63. The van der Waals surface area contributed by atoms with E-state index in [1.165, 1.54) is 0 Å². The molecule has 2 amide bonds. The third-order valence-electron chi connectivity index (χ3n) is 2.92. The number of carbonyl (C=O) groups is 1. The van der Waals surface area contributed by atoms with Gasteiger partial charge in [0.05, 0.1) is 6.61 Å². The molecular weight excluding hydrogens is 246 g/mol. The first kappa shape index (κ1) is 13.8. The number of benzene rings is 1. The molecule has 6 nitrogen and oxygen atoms in total. The molecule has 0 bridgehead atoms. The van der Waals surface area contributed by atoms with Crippen LogP contribution in [0, 0.1) is 0 Å². The van der Waals surface area contributed by atoms with Crippen molar-refractivity contribution in [1.82, 2.24) is 5.43 Å². The fourth-order valence-corrected chi connectivity index (χ4v) is 1.88. The normalized spacial score (nSPS) is 18.9. The Morgan fingerprint density at radius 1 is 1.37 bits per heavy atom. The summed E-state index contributed by atoms with van der Waals surface area (Å²) < 4.78 is 11.2. The van der Waals surface area contributed by atoms with Crippen molar-refractivity contribution in [2.45, 2.75) is 32.2 Å². The van der Waals surface area contributed by atoms with Crippen LogP contribution in [0.1, 0.15) is 24.8 Å². The third kappa shape index (κ3) is 4.51. The molecule has 1 fully saturated rings. The zero-order chi connectivity index (χ0) is 13.5. The molecule has 1 saturated heterocycles. The first-order valence-corrected chi connectivity index (χ1v) is 6.37. The van der Waals surface area contributed by atoms with Crippen LogP contribution >= 0.6 is 0 Å². The number of hydrogen-bond acceptors (Lipinski definition) is 4. The van der Waals surface area contributed by atoms with Gasteiger partial charge in [-0.1, -0.05) is 12.1 Å². The molecule has 1 aromatic rings. The predicted octanol–water partition coefficient (Wildman–Crippen LogP) is 1.72. The van der Waals surface area contributed by atoms with E-state index in [-0.39, 0.29) is 6.29 Å². The molecule has 4 N–H and O–H groups in total. The highest BCUT2D eigenvalue weighted by Gasteiger charge is 2.13. The van der Waals surface area contributed by atoms with E-state index in [1.54, 1.807) is 12.1 Å². The highest BCUT2D eigenvalue weighted by atomic mass is 16.7. The van der Waals surface area contributed by atoms with E-state index >= 15 is 0 Å². The smallest absolute Gasteiger partial charge is 0.333 e. The Morgan fingerprint density at radius 2 is 2.16 bits per heavy atom. The van der Waals surface area contributed by atoms with Crippen LogP contribution in [0.3, 0.4) is 0 Å². The number of rotatable bonds is 4. The summed E-state index contributed by atoms with van der Waals surface area (Å²) in [4.78, 5) is 11.0. The Kier molecular flexibility index (Phi) is 5.14. The van der Waals surface area contributed by atoms with Crippen molar-refractivity contribution in [3.63, 3.8) is 0 Å². The number of amides is 2. The molecule has 1 aliphatic heterocycles. The third-order valence-corrected chi connectivity index (χ3v) is 2.92. The number of urea groups is 1. The van der Waals surface area contributed by atoms with Gasteiger partial charge in [0.15, 0.2) is 6.29 Å². The van der Waals surface area contributed by atoms with Crippen LogP contribution in [0.25, 0.3) is 0 Å². The van der Waals surface area contributed by atoms with Crippen LogP contribution in [-0.2, 0) is 16.1 Å². The maximum Gasteiger partial charge on any atom is 0.333 e. The van der Waals surface area contributed by atoms with Crippen molar-refractivity contribution in [3.8, 4) is 0 Å². The lowest BCUT2D eigenvalue weighted by Gasteiger charge is -2.22. The number of anilines is 1. The molecule has 0 aliphatic carbocycles. The van der Waals surface area contributed by atoms with Gasteiger partial charge in [0, 0.05) is 12.3 Å². The highest BCUT2D eigenvalue weighted by molar-refractivity contribution is 5.88. The summed E-state index contributed by atoms with van der Waals surface area (Å²) >= 11 is 0. The first-order chi connectivity index (χ1) is 9.28. The van der Waals surface area contributed by atoms with Gasteiger partial charge in [-0.2, -0.15) is 0 Å². The summed E-state index contributed by atoms with van der Waals surface area (Å²) in [7, 11) is 0. The molecule has 0 aromatic heterocycles. The molecule has 2 rings (SSSR count). The van der Waals surface area contributed by atoms with Gasteiger partial charge in [-0.3, -0.25) is 5.43 Å². The molecule has 19 heavy (non-hydrogen) atoms. The molecule has 1 aromatic carbocycles. The molecular formula is C13H19N3O3. The fourth-order valence-electron chi connectivity index (χ4n) is 1.88. The van der Waals surface area contributed by atoms with Gasteiger partial charge in [0.1, 0.15) is 0 Å². The second-order valence-electron chi connectivity index (χ2n) is 4.40. The Bertz CT molecular complexity index is 402. The average molecular weight is 265 g/mol. The van der Waals surface area contributed by atoms with Gasteiger partial charge in [-0.15, -0.1) is 0 Å². The number of ether oxygens (including phenoxy) is 2. The van der Waals surface area contributed by atoms with E-state index in [0.29, 0.717) is 12.3 Å². The fraction of sp³-hybridized carbons (Fsp3) is 0.462. The van der Waals surface area contributed by atoms with Crippen LogP contribution in [-0.4, -0.2) is 18.9 Å². The van der Waals surface area contributed by atoms with E-state index in [1.807, 2.05) is 17.6 Å². The maximum atomic E-state index is 11.0. The van der Waals surface area contributed by atoms with Crippen molar-refractivity contribution in [1.29, 1.82) is 0 Å². The summed E-state index contributed by atoms with van der Waals surface area (Å²) in [5, 5.41) is 2.58. The van der Waals surface area contributed by atoms with Gasteiger partial charge < -0.3 is 14.8 Å². The van der Waals surface area contributed by atoms with E-state index in [4.69, 9.17) is 15.3 Å². The Balaban J connectivity index is 1.79. The minimum atomic E-state index is -0.445. The van der Waals surface area contributed by atoms with Crippen molar-refractivity contribution in [2.24, 2.45) is 5.84 Å². The van der Waals surface area contributed by atoms with E-state index in [2.05, 4.69) is 5.32 Å². The zero-order valence-corrected chi connectivity index (χ0v) is 10.7. The lowest BCUT2D eigenvalue weighted by molar-refractivity contribution is -0.168. The number of hydrazine groups is 1.